The summed E-state index contributed by atoms with van der Waals surface area (Å²) in [6.45, 7) is 6.79. The number of nitrogens with zero attached hydrogens (tertiary/aromatic N) is 1. The van der Waals surface area contributed by atoms with Crippen LogP contribution in [0.15, 0.2) is 22.7 Å². The highest BCUT2D eigenvalue weighted by Gasteiger charge is 2.36. The number of carbonyl (C=O) groups is 3. The van der Waals surface area contributed by atoms with Gasteiger partial charge in [0.15, 0.2) is 0 Å². The molecule has 1 aromatic carbocycles. The van der Waals surface area contributed by atoms with Gasteiger partial charge in [-0.2, -0.15) is 0 Å². The zero-order valence-electron chi connectivity index (χ0n) is 17.2. The molecule has 160 valence electrons. The van der Waals surface area contributed by atoms with Crippen molar-refractivity contribution in [1.82, 2.24) is 10.2 Å². The number of halogens is 1. The van der Waals surface area contributed by atoms with Crippen molar-refractivity contribution in [1.29, 1.82) is 0 Å². The second-order valence-corrected chi connectivity index (χ2v) is 8.16. The first-order valence-electron chi connectivity index (χ1n) is 10.0. The maximum absolute atomic E-state index is 13.3. The predicted molar refractivity (Wildman–Crippen MR) is 113 cm³/mol. The molecule has 1 aliphatic rings. The Bertz CT molecular complexity index is 738. The summed E-state index contributed by atoms with van der Waals surface area (Å²) in [7, 11) is 0. The minimum absolute atomic E-state index is 0.110. The van der Waals surface area contributed by atoms with Gasteiger partial charge in [0.25, 0.3) is 5.91 Å². The molecule has 0 aliphatic carbocycles. The molecule has 1 aliphatic heterocycles. The average molecular weight is 469 g/mol. The molecule has 1 fully saturated rings. The molecule has 0 saturated carbocycles. The van der Waals surface area contributed by atoms with Gasteiger partial charge in [0.2, 0.25) is 5.91 Å². The standard InChI is InChI=1S/C21H29BrN2O5/c1-4-5-6-11-28-19(25)13-17-20(26)23-9-10-24(17)21(27)16-12-15(22)7-8-18(16)29-14(2)3/h7-8,12,14,17H,4-6,9-11,13H2,1-3H3,(H,23,26). The summed E-state index contributed by atoms with van der Waals surface area (Å²) in [5.74, 6) is -0.731. The Morgan fingerprint density at radius 1 is 1.31 bits per heavy atom. The fourth-order valence-corrected chi connectivity index (χ4v) is 3.46. The molecule has 0 aromatic heterocycles. The van der Waals surface area contributed by atoms with Crippen LogP contribution in [0, 0.1) is 0 Å². The summed E-state index contributed by atoms with van der Waals surface area (Å²) < 4.78 is 11.7. The lowest BCUT2D eigenvalue weighted by atomic mass is 10.1. The SMILES string of the molecule is CCCCCOC(=O)CC1C(=O)NCCN1C(=O)c1cc(Br)ccc1OC(C)C. The van der Waals surface area contributed by atoms with Gasteiger partial charge in [0.05, 0.1) is 24.7 Å². The number of nitrogens with one attached hydrogen (secondary N) is 1. The van der Waals surface area contributed by atoms with Crippen LogP contribution in [0.3, 0.4) is 0 Å². The number of carbonyl (C=O) groups excluding carboxylic acids is 3. The fourth-order valence-electron chi connectivity index (χ4n) is 3.10. The quantitative estimate of drug-likeness (QED) is 0.443. The van der Waals surface area contributed by atoms with Crippen molar-refractivity contribution in [3.05, 3.63) is 28.2 Å². The van der Waals surface area contributed by atoms with E-state index in [4.69, 9.17) is 9.47 Å². The van der Waals surface area contributed by atoms with E-state index in [-0.39, 0.29) is 24.3 Å². The van der Waals surface area contributed by atoms with E-state index in [1.54, 1.807) is 18.2 Å². The first kappa shape index (κ1) is 23.2. The number of piperazine rings is 1. The minimum Gasteiger partial charge on any atom is -0.490 e. The molecule has 8 heteroatoms. The lowest BCUT2D eigenvalue weighted by Gasteiger charge is -2.35. The molecule has 1 atom stereocenters. The van der Waals surface area contributed by atoms with Crippen LogP contribution in [-0.4, -0.2) is 54.5 Å². The molecule has 7 nitrogen and oxygen atoms in total. The number of benzene rings is 1. The van der Waals surface area contributed by atoms with Crippen LogP contribution in [0.5, 0.6) is 5.75 Å². The molecule has 2 amide bonds. The number of hydrogen-bond donors (Lipinski definition) is 1. The Hall–Kier alpha value is -2.09. The van der Waals surface area contributed by atoms with Crippen molar-refractivity contribution >= 4 is 33.7 Å². The number of unbranched alkanes of at least 4 members (excludes halogenated alkanes) is 2. The van der Waals surface area contributed by atoms with E-state index < -0.39 is 12.0 Å². The Morgan fingerprint density at radius 3 is 2.76 bits per heavy atom. The summed E-state index contributed by atoms with van der Waals surface area (Å²) in [5.41, 5.74) is 0.351. The number of rotatable bonds is 9. The zero-order valence-corrected chi connectivity index (χ0v) is 18.8. The topological polar surface area (TPSA) is 84.9 Å². The van der Waals surface area contributed by atoms with E-state index in [0.717, 1.165) is 23.7 Å². The predicted octanol–water partition coefficient (Wildman–Crippen LogP) is 3.30. The Balaban J connectivity index is 2.17. The highest BCUT2D eigenvalue weighted by molar-refractivity contribution is 9.10. The van der Waals surface area contributed by atoms with Crippen molar-refractivity contribution in [2.24, 2.45) is 0 Å². The van der Waals surface area contributed by atoms with Gasteiger partial charge in [0, 0.05) is 17.6 Å². The lowest BCUT2D eigenvalue weighted by molar-refractivity contribution is -0.147. The van der Waals surface area contributed by atoms with Crippen LogP contribution in [-0.2, 0) is 14.3 Å². The smallest absolute Gasteiger partial charge is 0.308 e. The first-order valence-corrected chi connectivity index (χ1v) is 10.8. The third kappa shape index (κ3) is 6.73. The number of amides is 2. The van der Waals surface area contributed by atoms with Crippen molar-refractivity contribution in [2.75, 3.05) is 19.7 Å². The second kappa shape index (κ2) is 11.2. The third-order valence-electron chi connectivity index (χ3n) is 4.50. The Labute approximate surface area is 180 Å². The van der Waals surface area contributed by atoms with Gasteiger partial charge in [-0.05, 0) is 38.5 Å². The van der Waals surface area contributed by atoms with Crippen molar-refractivity contribution in [3.8, 4) is 5.75 Å². The van der Waals surface area contributed by atoms with Crippen LogP contribution < -0.4 is 10.1 Å². The van der Waals surface area contributed by atoms with Gasteiger partial charge in [-0.3, -0.25) is 14.4 Å². The van der Waals surface area contributed by atoms with Crippen LogP contribution in [0.1, 0.15) is 56.8 Å². The molecule has 0 radical (unpaired) electrons. The normalized spacial score (nSPS) is 16.5. The molecule has 1 heterocycles. The van der Waals surface area contributed by atoms with Gasteiger partial charge < -0.3 is 19.7 Å². The fraction of sp³-hybridized carbons (Fsp3) is 0.571. The maximum atomic E-state index is 13.3. The van der Waals surface area contributed by atoms with Crippen LogP contribution >= 0.6 is 15.9 Å². The van der Waals surface area contributed by atoms with Crippen LogP contribution in [0.4, 0.5) is 0 Å². The summed E-state index contributed by atoms with van der Waals surface area (Å²) in [6.07, 6.45) is 2.51. The lowest BCUT2D eigenvalue weighted by Crippen LogP contribution is -2.57. The number of ether oxygens (including phenoxy) is 2. The zero-order chi connectivity index (χ0) is 21.4. The van der Waals surface area contributed by atoms with Gasteiger partial charge >= 0.3 is 5.97 Å². The van der Waals surface area contributed by atoms with E-state index in [1.807, 2.05) is 13.8 Å². The second-order valence-electron chi connectivity index (χ2n) is 7.24. The van der Waals surface area contributed by atoms with Crippen LogP contribution in [0.2, 0.25) is 0 Å². The Kier molecular flexibility index (Phi) is 8.95. The van der Waals surface area contributed by atoms with Crippen molar-refractivity contribution in [3.63, 3.8) is 0 Å². The molecule has 0 bridgehead atoms. The van der Waals surface area contributed by atoms with E-state index in [0.29, 0.717) is 31.0 Å². The summed E-state index contributed by atoms with van der Waals surface area (Å²) >= 11 is 3.38. The largest absolute Gasteiger partial charge is 0.490 e. The highest BCUT2D eigenvalue weighted by Crippen LogP contribution is 2.27. The van der Waals surface area contributed by atoms with Crippen molar-refractivity contribution in [2.45, 2.75) is 58.6 Å². The van der Waals surface area contributed by atoms with E-state index >= 15 is 0 Å². The number of esters is 1. The maximum Gasteiger partial charge on any atom is 0.308 e. The Morgan fingerprint density at radius 2 is 2.07 bits per heavy atom. The third-order valence-corrected chi connectivity index (χ3v) is 4.99. The number of hydrogen-bond acceptors (Lipinski definition) is 5. The van der Waals surface area contributed by atoms with Gasteiger partial charge in [0.1, 0.15) is 11.8 Å². The highest BCUT2D eigenvalue weighted by atomic mass is 79.9. The monoisotopic (exact) mass is 468 g/mol. The van der Waals surface area contributed by atoms with E-state index in [2.05, 4.69) is 28.2 Å². The molecule has 29 heavy (non-hydrogen) atoms. The molecule has 0 spiro atoms. The molecule has 1 aromatic rings. The van der Waals surface area contributed by atoms with E-state index in [9.17, 15) is 14.4 Å². The summed E-state index contributed by atoms with van der Waals surface area (Å²) in [6, 6.07) is 4.29. The van der Waals surface area contributed by atoms with Crippen molar-refractivity contribution < 1.29 is 23.9 Å². The van der Waals surface area contributed by atoms with E-state index in [1.165, 1.54) is 4.90 Å². The minimum atomic E-state index is -0.902. The molecule has 1 saturated heterocycles. The summed E-state index contributed by atoms with van der Waals surface area (Å²) in [4.78, 5) is 39.4. The van der Waals surface area contributed by atoms with Gasteiger partial charge in [-0.25, -0.2) is 0 Å². The molecular weight excluding hydrogens is 440 g/mol. The average Bonchev–Trinajstić information content (AvgIpc) is 2.67. The summed E-state index contributed by atoms with van der Waals surface area (Å²) in [5, 5.41) is 2.73. The first-order chi connectivity index (χ1) is 13.8. The van der Waals surface area contributed by atoms with Gasteiger partial charge in [-0.15, -0.1) is 0 Å². The molecular formula is C21H29BrN2O5. The molecule has 2 rings (SSSR count). The molecule has 1 unspecified atom stereocenters. The molecule has 1 N–H and O–H groups in total. The van der Waals surface area contributed by atoms with Gasteiger partial charge in [-0.1, -0.05) is 35.7 Å². The van der Waals surface area contributed by atoms with Crippen LogP contribution in [0.25, 0.3) is 0 Å².